The van der Waals surface area contributed by atoms with Crippen molar-refractivity contribution in [2.75, 3.05) is 13.7 Å². The van der Waals surface area contributed by atoms with Crippen LogP contribution in [-0.2, 0) is 21.4 Å². The standard InChI is InChI=1S/C13H11Cl3N2O5S/c1-21-8-5-18-13(22-6-8)11(4-17-18)24(19,20)23-12-9(15)2-7(14)3-10(12)16/h2-4,8H,5-6H2,1H3/t8-/m0/s1. The van der Waals surface area contributed by atoms with Crippen LogP contribution in [0.25, 0.3) is 0 Å². The van der Waals surface area contributed by atoms with Crippen molar-refractivity contribution in [1.29, 1.82) is 0 Å². The van der Waals surface area contributed by atoms with E-state index in [4.69, 9.17) is 48.5 Å². The molecule has 11 heteroatoms. The zero-order chi connectivity index (χ0) is 17.5. The van der Waals surface area contributed by atoms with E-state index in [2.05, 4.69) is 5.10 Å². The van der Waals surface area contributed by atoms with Crippen molar-refractivity contribution in [2.24, 2.45) is 0 Å². The third kappa shape index (κ3) is 3.29. The van der Waals surface area contributed by atoms with Crippen molar-refractivity contribution in [3.05, 3.63) is 33.4 Å². The number of nitrogens with zero attached hydrogens (tertiary/aromatic N) is 2. The smallest absolute Gasteiger partial charge is 0.346 e. The number of halogens is 3. The average Bonchev–Trinajstić information content (AvgIpc) is 2.94. The van der Waals surface area contributed by atoms with Crippen molar-refractivity contribution in [3.63, 3.8) is 0 Å². The van der Waals surface area contributed by atoms with Crippen LogP contribution in [0.4, 0.5) is 0 Å². The number of rotatable bonds is 4. The molecule has 0 bridgehead atoms. The molecule has 1 aromatic heterocycles. The Balaban J connectivity index is 1.95. The van der Waals surface area contributed by atoms with Crippen molar-refractivity contribution in [2.45, 2.75) is 17.5 Å². The monoisotopic (exact) mass is 412 g/mol. The van der Waals surface area contributed by atoms with Gasteiger partial charge in [-0.15, -0.1) is 0 Å². The van der Waals surface area contributed by atoms with Gasteiger partial charge in [-0.05, 0) is 12.1 Å². The van der Waals surface area contributed by atoms with E-state index in [1.54, 1.807) is 0 Å². The third-order valence-electron chi connectivity index (χ3n) is 3.30. The molecule has 0 radical (unpaired) electrons. The predicted molar refractivity (Wildman–Crippen MR) is 87.8 cm³/mol. The van der Waals surface area contributed by atoms with Gasteiger partial charge in [0, 0.05) is 12.1 Å². The highest BCUT2D eigenvalue weighted by Gasteiger charge is 2.32. The minimum absolute atomic E-state index is 0.0301. The molecule has 1 aromatic carbocycles. The second kappa shape index (κ2) is 6.61. The van der Waals surface area contributed by atoms with Crippen molar-refractivity contribution in [1.82, 2.24) is 9.78 Å². The van der Waals surface area contributed by atoms with E-state index in [1.165, 1.54) is 23.9 Å². The lowest BCUT2D eigenvalue weighted by atomic mass is 10.3. The number of ether oxygens (including phenoxy) is 2. The van der Waals surface area contributed by atoms with Gasteiger partial charge in [-0.3, -0.25) is 0 Å². The summed E-state index contributed by atoms with van der Waals surface area (Å²) >= 11 is 17.7. The Kier molecular flexibility index (Phi) is 4.85. The maximum atomic E-state index is 12.5. The molecule has 1 aliphatic rings. The number of methoxy groups -OCH3 is 1. The first-order valence-corrected chi connectivity index (χ1v) is 9.16. The predicted octanol–water partition coefficient (Wildman–Crippen LogP) is 3.02. The molecule has 1 atom stereocenters. The Bertz CT molecular complexity index is 861. The third-order valence-corrected chi connectivity index (χ3v) is 5.29. The van der Waals surface area contributed by atoms with E-state index in [-0.39, 0.29) is 44.3 Å². The van der Waals surface area contributed by atoms with Crippen molar-refractivity contribution >= 4 is 44.9 Å². The maximum Gasteiger partial charge on any atom is 0.346 e. The molecule has 3 rings (SSSR count). The number of benzene rings is 1. The Hall–Kier alpha value is -1.19. The first-order chi connectivity index (χ1) is 11.3. The molecule has 130 valence electrons. The van der Waals surface area contributed by atoms with E-state index in [9.17, 15) is 8.42 Å². The van der Waals surface area contributed by atoms with Crippen LogP contribution in [0.15, 0.2) is 23.2 Å². The molecular weight excluding hydrogens is 403 g/mol. The normalized spacial score (nSPS) is 17.2. The quantitative estimate of drug-likeness (QED) is 0.717. The van der Waals surface area contributed by atoms with E-state index >= 15 is 0 Å². The fourth-order valence-electron chi connectivity index (χ4n) is 2.13. The summed E-state index contributed by atoms with van der Waals surface area (Å²) in [5.74, 6) is -0.141. The Morgan fingerprint density at radius 1 is 1.29 bits per heavy atom. The molecule has 24 heavy (non-hydrogen) atoms. The van der Waals surface area contributed by atoms with Gasteiger partial charge in [-0.2, -0.15) is 13.5 Å². The van der Waals surface area contributed by atoms with E-state index in [1.807, 2.05) is 0 Å². The zero-order valence-electron chi connectivity index (χ0n) is 12.2. The summed E-state index contributed by atoms with van der Waals surface area (Å²) in [6.45, 7) is 0.566. The maximum absolute atomic E-state index is 12.5. The van der Waals surface area contributed by atoms with Crippen LogP contribution >= 0.6 is 34.8 Å². The summed E-state index contributed by atoms with van der Waals surface area (Å²) < 4.78 is 42.1. The van der Waals surface area contributed by atoms with Gasteiger partial charge in [0.2, 0.25) is 5.88 Å². The number of fused-ring (bicyclic) bond motifs is 1. The SMILES string of the molecule is CO[C@@H]1COc2c(S(=O)(=O)Oc3c(Cl)cc(Cl)cc3Cl)cnn2C1. The minimum atomic E-state index is -4.25. The molecule has 0 unspecified atom stereocenters. The molecule has 2 aromatic rings. The minimum Gasteiger partial charge on any atom is -0.474 e. The largest absolute Gasteiger partial charge is 0.474 e. The van der Waals surface area contributed by atoms with E-state index < -0.39 is 10.1 Å². The molecule has 0 amide bonds. The van der Waals surface area contributed by atoms with Gasteiger partial charge in [0.05, 0.1) is 22.8 Å². The van der Waals surface area contributed by atoms with Crippen LogP contribution in [0.5, 0.6) is 11.6 Å². The van der Waals surface area contributed by atoms with Crippen molar-refractivity contribution < 1.29 is 22.1 Å². The van der Waals surface area contributed by atoms with E-state index in [0.717, 1.165) is 6.20 Å². The van der Waals surface area contributed by atoms with Crippen LogP contribution in [0, 0.1) is 0 Å². The topological polar surface area (TPSA) is 79.7 Å². The van der Waals surface area contributed by atoms with Crippen molar-refractivity contribution in [3.8, 4) is 11.6 Å². The van der Waals surface area contributed by atoms with Crippen LogP contribution < -0.4 is 8.92 Å². The van der Waals surface area contributed by atoms with Gasteiger partial charge in [0.25, 0.3) is 0 Å². The highest BCUT2D eigenvalue weighted by atomic mass is 35.5. The second-order valence-electron chi connectivity index (χ2n) is 4.90. The van der Waals surface area contributed by atoms with Gasteiger partial charge in [-0.25, -0.2) is 4.68 Å². The summed E-state index contributed by atoms with van der Waals surface area (Å²) in [4.78, 5) is -0.223. The summed E-state index contributed by atoms with van der Waals surface area (Å²) in [7, 11) is -2.72. The highest BCUT2D eigenvalue weighted by molar-refractivity contribution is 7.87. The van der Waals surface area contributed by atoms with Crippen LogP contribution in [0.3, 0.4) is 0 Å². The lowest BCUT2D eigenvalue weighted by Gasteiger charge is -2.23. The first kappa shape index (κ1) is 17.6. The van der Waals surface area contributed by atoms with Gasteiger partial charge in [-0.1, -0.05) is 34.8 Å². The average molecular weight is 414 g/mol. The van der Waals surface area contributed by atoms with Gasteiger partial charge in [0.15, 0.2) is 10.6 Å². The Labute approximate surface area is 153 Å². The van der Waals surface area contributed by atoms with Crippen LogP contribution in [0.2, 0.25) is 15.1 Å². The number of hydrogen-bond donors (Lipinski definition) is 0. The zero-order valence-corrected chi connectivity index (χ0v) is 15.3. The summed E-state index contributed by atoms with van der Waals surface area (Å²) in [6.07, 6.45) is 0.925. The molecule has 2 heterocycles. The number of aromatic nitrogens is 2. The molecule has 0 aliphatic carbocycles. The fourth-order valence-corrected chi connectivity index (χ4v) is 4.16. The molecule has 0 fully saturated rings. The Morgan fingerprint density at radius 3 is 2.58 bits per heavy atom. The number of hydrogen-bond acceptors (Lipinski definition) is 6. The second-order valence-corrected chi connectivity index (χ2v) is 7.67. The molecule has 1 aliphatic heterocycles. The van der Waals surface area contributed by atoms with Crippen LogP contribution in [0.1, 0.15) is 0 Å². The molecule has 0 saturated carbocycles. The van der Waals surface area contributed by atoms with Gasteiger partial charge >= 0.3 is 10.1 Å². The lowest BCUT2D eigenvalue weighted by molar-refractivity contribution is 0.0164. The highest BCUT2D eigenvalue weighted by Crippen LogP contribution is 2.38. The van der Waals surface area contributed by atoms with E-state index in [0.29, 0.717) is 6.54 Å². The molecule has 0 saturated heterocycles. The Morgan fingerprint density at radius 2 is 1.96 bits per heavy atom. The molecule has 0 N–H and O–H groups in total. The molecule has 0 spiro atoms. The van der Waals surface area contributed by atoms with Crippen LogP contribution in [-0.4, -0.2) is 38.0 Å². The summed E-state index contributed by atoms with van der Waals surface area (Å²) in [6, 6.07) is 2.65. The fraction of sp³-hybridized carbons (Fsp3) is 0.308. The van der Waals surface area contributed by atoms with Gasteiger partial charge < -0.3 is 13.7 Å². The van der Waals surface area contributed by atoms with Gasteiger partial charge in [0.1, 0.15) is 12.7 Å². The molecular formula is C13H11Cl3N2O5S. The summed E-state index contributed by atoms with van der Waals surface area (Å²) in [5, 5.41) is 4.18. The first-order valence-electron chi connectivity index (χ1n) is 6.62. The molecule has 7 nitrogen and oxygen atoms in total. The lowest BCUT2D eigenvalue weighted by Crippen LogP contribution is -2.32. The summed E-state index contributed by atoms with van der Waals surface area (Å²) in [5.41, 5.74) is 0.